The third-order valence-corrected chi connectivity index (χ3v) is 6.82. The number of β-amino-alcohol motifs (C(OH)–C–C–N with tert-alkyl or cyclic N) is 1. The topological polar surface area (TPSA) is 96.8 Å². The Bertz CT molecular complexity index is 1210. The summed E-state index contributed by atoms with van der Waals surface area (Å²) >= 11 is 5.91. The van der Waals surface area contributed by atoms with Gasteiger partial charge in [-0.1, -0.05) is 24.6 Å². The molecule has 0 bridgehead atoms. The first kappa shape index (κ1) is 26.1. The Morgan fingerprint density at radius 2 is 2.06 bits per heavy atom. The van der Waals surface area contributed by atoms with Crippen molar-refractivity contribution in [2.24, 2.45) is 5.92 Å². The van der Waals surface area contributed by atoms with Gasteiger partial charge in [0.15, 0.2) is 17.3 Å². The van der Waals surface area contributed by atoms with E-state index >= 15 is 0 Å². The van der Waals surface area contributed by atoms with E-state index in [1.165, 1.54) is 12.4 Å². The van der Waals surface area contributed by atoms with Gasteiger partial charge in [-0.2, -0.15) is 0 Å². The second kappa shape index (κ2) is 11.8. The number of aliphatic hydroxyl groups is 1. The molecule has 8 nitrogen and oxygen atoms in total. The standard InChI is InChI=1S/C26H30ClFN4O4/c1-16(8-11-33)22(34)14-32-9-6-17(7-10-32)36-24-13-21-18(12-23(24)35-2)26(30-15-29-21)31-20-5-3-4-19(27)25(20)28/h3-5,11-13,15-17,22,34H,6-10,14H2,1-2H3,(H,29,30,31). The van der Waals surface area contributed by atoms with E-state index in [-0.39, 0.29) is 22.7 Å². The van der Waals surface area contributed by atoms with Crippen LogP contribution in [0.15, 0.2) is 36.7 Å². The van der Waals surface area contributed by atoms with Crippen LogP contribution < -0.4 is 14.8 Å². The number of carbonyl (C=O) groups excluding carboxylic acids is 1. The van der Waals surface area contributed by atoms with Crippen molar-refractivity contribution in [1.29, 1.82) is 0 Å². The second-order valence-corrected chi connectivity index (χ2v) is 9.44. The molecule has 4 rings (SSSR count). The normalized spacial score (nSPS) is 16.5. The van der Waals surface area contributed by atoms with Crippen LogP contribution in [0.5, 0.6) is 11.5 Å². The van der Waals surface area contributed by atoms with E-state index in [2.05, 4.69) is 20.2 Å². The second-order valence-electron chi connectivity index (χ2n) is 9.03. The number of benzene rings is 2. The summed E-state index contributed by atoms with van der Waals surface area (Å²) in [7, 11) is 1.56. The summed E-state index contributed by atoms with van der Waals surface area (Å²) in [5.74, 6) is 0.890. The van der Waals surface area contributed by atoms with Crippen molar-refractivity contribution in [2.45, 2.75) is 38.4 Å². The van der Waals surface area contributed by atoms with Gasteiger partial charge in [-0.3, -0.25) is 0 Å². The van der Waals surface area contributed by atoms with Crippen LogP contribution in [0.1, 0.15) is 26.2 Å². The number of nitrogens with one attached hydrogen (secondary N) is 1. The lowest BCUT2D eigenvalue weighted by atomic mass is 10.00. The molecule has 2 N–H and O–H groups in total. The fraction of sp³-hybridized carbons (Fsp3) is 0.423. The number of nitrogens with zero attached hydrogens (tertiary/aromatic N) is 3. The maximum absolute atomic E-state index is 14.4. The van der Waals surface area contributed by atoms with Crippen molar-refractivity contribution in [2.75, 3.05) is 32.1 Å². The summed E-state index contributed by atoms with van der Waals surface area (Å²) in [6.07, 6.45) is 3.65. The number of hydrogen-bond acceptors (Lipinski definition) is 8. The molecule has 0 aliphatic carbocycles. The number of aldehydes is 1. The highest BCUT2D eigenvalue weighted by atomic mass is 35.5. The van der Waals surface area contributed by atoms with Gasteiger partial charge >= 0.3 is 0 Å². The van der Waals surface area contributed by atoms with Crippen LogP contribution in [0.25, 0.3) is 10.9 Å². The molecular formula is C26H30ClFN4O4. The molecule has 0 saturated carbocycles. The number of hydrogen-bond donors (Lipinski definition) is 2. The number of fused-ring (bicyclic) bond motifs is 1. The van der Waals surface area contributed by atoms with Gasteiger partial charge in [0.2, 0.25) is 0 Å². The van der Waals surface area contributed by atoms with Gasteiger partial charge in [-0.15, -0.1) is 0 Å². The molecule has 36 heavy (non-hydrogen) atoms. The highest BCUT2D eigenvalue weighted by Gasteiger charge is 2.25. The quantitative estimate of drug-likeness (QED) is 0.377. The SMILES string of the molecule is COc1cc2c(Nc3cccc(Cl)c3F)ncnc2cc1OC1CCN(CC(O)C(C)CC=O)CC1. The Labute approximate surface area is 214 Å². The van der Waals surface area contributed by atoms with Gasteiger partial charge in [-0.25, -0.2) is 14.4 Å². The molecule has 10 heteroatoms. The van der Waals surface area contributed by atoms with Gasteiger partial charge in [0.1, 0.15) is 24.5 Å². The summed E-state index contributed by atoms with van der Waals surface area (Å²) in [4.78, 5) is 21.5. The minimum absolute atomic E-state index is 0.0164. The van der Waals surface area contributed by atoms with E-state index in [1.807, 2.05) is 6.92 Å². The Morgan fingerprint density at radius 3 is 2.78 bits per heavy atom. The van der Waals surface area contributed by atoms with E-state index in [4.69, 9.17) is 21.1 Å². The molecule has 2 unspecified atom stereocenters. The number of aromatic nitrogens is 2. The van der Waals surface area contributed by atoms with Crippen molar-refractivity contribution in [1.82, 2.24) is 14.9 Å². The molecule has 3 aromatic rings. The van der Waals surface area contributed by atoms with Crippen molar-refractivity contribution in [3.63, 3.8) is 0 Å². The Kier molecular flexibility index (Phi) is 8.56. The molecule has 1 saturated heterocycles. The summed E-state index contributed by atoms with van der Waals surface area (Å²) in [6, 6.07) is 8.29. The average Bonchev–Trinajstić information content (AvgIpc) is 2.88. The van der Waals surface area contributed by atoms with Crippen LogP contribution in [-0.4, -0.2) is 65.2 Å². The van der Waals surface area contributed by atoms with E-state index in [0.717, 1.165) is 32.2 Å². The number of likely N-dealkylation sites (tertiary alicyclic amines) is 1. The fourth-order valence-corrected chi connectivity index (χ4v) is 4.46. The number of anilines is 2. The molecule has 1 fully saturated rings. The molecule has 192 valence electrons. The van der Waals surface area contributed by atoms with Crippen molar-refractivity contribution in [3.8, 4) is 11.5 Å². The Balaban J connectivity index is 1.46. The lowest BCUT2D eigenvalue weighted by molar-refractivity contribution is -0.109. The molecular weight excluding hydrogens is 487 g/mol. The fourth-order valence-electron chi connectivity index (χ4n) is 4.29. The Hall–Kier alpha value is -3.01. The number of halogens is 2. The molecule has 2 heterocycles. The van der Waals surface area contributed by atoms with Gasteiger partial charge in [0.05, 0.1) is 29.4 Å². The molecule has 1 aromatic heterocycles. The highest BCUT2D eigenvalue weighted by Crippen LogP contribution is 2.36. The largest absolute Gasteiger partial charge is 0.493 e. The van der Waals surface area contributed by atoms with E-state index in [1.54, 1.807) is 31.4 Å². The van der Waals surface area contributed by atoms with Gasteiger partial charge in [0.25, 0.3) is 0 Å². The van der Waals surface area contributed by atoms with Crippen molar-refractivity contribution < 1.29 is 23.8 Å². The first-order valence-electron chi connectivity index (χ1n) is 11.9. The van der Waals surface area contributed by atoms with E-state index in [0.29, 0.717) is 41.2 Å². The van der Waals surface area contributed by atoms with Gasteiger partial charge < -0.3 is 29.6 Å². The minimum atomic E-state index is -0.560. The first-order chi connectivity index (χ1) is 17.4. The number of ether oxygens (including phenoxy) is 2. The molecule has 0 radical (unpaired) electrons. The maximum Gasteiger partial charge on any atom is 0.165 e. The third-order valence-electron chi connectivity index (χ3n) is 6.52. The lowest BCUT2D eigenvalue weighted by Crippen LogP contribution is -2.43. The molecule has 0 spiro atoms. The van der Waals surface area contributed by atoms with Gasteiger partial charge in [-0.05, 0) is 37.0 Å². The summed E-state index contributed by atoms with van der Waals surface area (Å²) in [5, 5.41) is 14.0. The molecule has 0 amide bonds. The molecule has 1 aliphatic rings. The van der Waals surface area contributed by atoms with Crippen LogP contribution in [0.4, 0.5) is 15.9 Å². The summed E-state index contributed by atoms with van der Waals surface area (Å²) in [5.41, 5.74) is 0.828. The monoisotopic (exact) mass is 516 g/mol. The predicted molar refractivity (Wildman–Crippen MR) is 137 cm³/mol. The van der Waals surface area contributed by atoms with Crippen LogP contribution >= 0.6 is 11.6 Å². The van der Waals surface area contributed by atoms with Crippen molar-refractivity contribution in [3.05, 3.63) is 47.5 Å². The number of aliphatic hydroxyl groups excluding tert-OH is 1. The Morgan fingerprint density at radius 1 is 1.28 bits per heavy atom. The maximum atomic E-state index is 14.4. The van der Waals surface area contributed by atoms with Crippen LogP contribution in [0.2, 0.25) is 5.02 Å². The van der Waals surface area contributed by atoms with E-state index < -0.39 is 11.9 Å². The van der Waals surface area contributed by atoms with Crippen molar-refractivity contribution >= 4 is 40.3 Å². The molecule has 2 atom stereocenters. The third kappa shape index (κ3) is 6.03. The van der Waals surface area contributed by atoms with Crippen LogP contribution in [0, 0.1) is 11.7 Å². The molecule has 1 aliphatic heterocycles. The smallest absolute Gasteiger partial charge is 0.165 e. The first-order valence-corrected chi connectivity index (χ1v) is 12.3. The predicted octanol–water partition coefficient (Wildman–Crippen LogP) is 4.60. The zero-order valence-corrected chi connectivity index (χ0v) is 21.0. The van der Waals surface area contributed by atoms with Crippen LogP contribution in [0.3, 0.4) is 0 Å². The zero-order valence-electron chi connectivity index (χ0n) is 20.3. The summed E-state index contributed by atoms with van der Waals surface area (Å²) in [6.45, 7) is 4.00. The number of rotatable bonds is 10. The number of piperidine rings is 1. The summed E-state index contributed by atoms with van der Waals surface area (Å²) < 4.78 is 26.3. The zero-order chi connectivity index (χ0) is 25.7. The minimum Gasteiger partial charge on any atom is -0.493 e. The molecule has 2 aromatic carbocycles. The van der Waals surface area contributed by atoms with E-state index in [9.17, 15) is 14.3 Å². The number of carbonyl (C=O) groups is 1. The average molecular weight is 517 g/mol. The number of methoxy groups -OCH3 is 1. The van der Waals surface area contributed by atoms with Crippen LogP contribution in [-0.2, 0) is 4.79 Å². The highest BCUT2D eigenvalue weighted by molar-refractivity contribution is 6.31. The lowest BCUT2D eigenvalue weighted by Gasteiger charge is -2.34. The van der Waals surface area contributed by atoms with Gasteiger partial charge in [0, 0.05) is 37.5 Å².